The van der Waals surface area contributed by atoms with E-state index in [4.69, 9.17) is 9.73 Å². The van der Waals surface area contributed by atoms with Gasteiger partial charge in [-0.1, -0.05) is 30.3 Å². The first kappa shape index (κ1) is 30.9. The van der Waals surface area contributed by atoms with Crippen LogP contribution in [0.1, 0.15) is 38.8 Å². The Balaban J connectivity index is 1.73. The molecule has 3 rings (SSSR count). The summed E-state index contributed by atoms with van der Waals surface area (Å²) in [7, 11) is 1.92. The summed E-state index contributed by atoms with van der Waals surface area (Å²) in [5.41, 5.74) is 1.95. The zero-order chi connectivity index (χ0) is 29.3. The molecule has 1 heterocycles. The minimum atomic E-state index is -0.849. The lowest BCUT2D eigenvalue weighted by Crippen LogP contribution is -2.52. The molecule has 11 heteroatoms. The van der Waals surface area contributed by atoms with Crippen LogP contribution in [0.5, 0.6) is 0 Å². The maximum Gasteiger partial charge on any atom is 0.408 e. The smallest absolute Gasteiger partial charge is 0.408 e. The fraction of sp³-hybridized carbons (Fsp3) is 0.448. The number of hydrogen-bond acceptors (Lipinski definition) is 7. The molecule has 2 atom stereocenters. The van der Waals surface area contributed by atoms with Crippen LogP contribution in [0.15, 0.2) is 53.5 Å². The van der Waals surface area contributed by atoms with Gasteiger partial charge in [0.05, 0.1) is 18.3 Å². The molecule has 0 spiro atoms. The van der Waals surface area contributed by atoms with Gasteiger partial charge in [-0.2, -0.15) is 11.8 Å². The summed E-state index contributed by atoms with van der Waals surface area (Å²) in [5, 5.41) is 8.34. The third-order valence-corrected chi connectivity index (χ3v) is 7.16. The maximum absolute atomic E-state index is 14.7. The molecule has 0 fully saturated rings. The number of thioether (sulfide) groups is 1. The van der Waals surface area contributed by atoms with Crippen LogP contribution < -0.4 is 20.9 Å². The summed E-state index contributed by atoms with van der Waals surface area (Å²) in [6.45, 7) is 7.72. The van der Waals surface area contributed by atoms with Crippen molar-refractivity contribution in [1.82, 2.24) is 16.0 Å². The number of fused-ring (bicyclic) bond motifs is 1. The van der Waals surface area contributed by atoms with Crippen molar-refractivity contribution in [3.63, 3.8) is 0 Å². The Labute approximate surface area is 239 Å². The van der Waals surface area contributed by atoms with Gasteiger partial charge in [0.2, 0.25) is 11.8 Å². The molecular formula is C29H38FN5O4S. The predicted octanol–water partition coefficient (Wildman–Crippen LogP) is 3.36. The first-order valence-electron chi connectivity index (χ1n) is 13.2. The van der Waals surface area contributed by atoms with E-state index in [0.29, 0.717) is 35.9 Å². The van der Waals surface area contributed by atoms with E-state index in [9.17, 15) is 18.8 Å². The molecule has 1 aliphatic heterocycles. The molecule has 216 valence electrons. The quantitative estimate of drug-likeness (QED) is 0.377. The molecule has 1 aliphatic rings. The second-order valence-corrected chi connectivity index (χ2v) is 11.6. The van der Waals surface area contributed by atoms with Gasteiger partial charge < -0.3 is 25.6 Å². The lowest BCUT2D eigenvalue weighted by molar-refractivity contribution is -0.122. The lowest BCUT2D eigenvalue weighted by Gasteiger charge is -2.29. The zero-order valence-electron chi connectivity index (χ0n) is 23.6. The Hall–Kier alpha value is -3.60. The summed E-state index contributed by atoms with van der Waals surface area (Å²) in [6.07, 6.45) is -0.685. The summed E-state index contributed by atoms with van der Waals surface area (Å²) in [4.78, 5) is 43.6. The van der Waals surface area contributed by atoms with E-state index >= 15 is 0 Å². The van der Waals surface area contributed by atoms with Gasteiger partial charge in [-0.25, -0.2) is 9.18 Å². The number of nitrogens with zero attached hydrogens (tertiary/aromatic N) is 2. The SMILES string of the molecule is CC(=O)NCCSC[C@@H](NC(=O)OC(C)(C)C)C(=O)NCC1CN=C(c2ccccc2F)c2ccccc2N1C. The van der Waals surface area contributed by atoms with Gasteiger partial charge in [-0.3, -0.25) is 14.6 Å². The van der Waals surface area contributed by atoms with E-state index in [1.165, 1.54) is 24.8 Å². The highest BCUT2D eigenvalue weighted by molar-refractivity contribution is 7.99. The van der Waals surface area contributed by atoms with Crippen LogP contribution in [-0.2, 0) is 14.3 Å². The van der Waals surface area contributed by atoms with Crippen LogP contribution in [0.25, 0.3) is 0 Å². The number of benzodiazepines with no additional fused rings is 1. The van der Waals surface area contributed by atoms with E-state index in [-0.39, 0.29) is 30.2 Å². The Morgan fingerprint density at radius 3 is 2.45 bits per heavy atom. The largest absolute Gasteiger partial charge is 0.444 e. The van der Waals surface area contributed by atoms with Crippen molar-refractivity contribution in [2.45, 2.75) is 45.4 Å². The van der Waals surface area contributed by atoms with Crippen molar-refractivity contribution in [2.75, 3.05) is 43.1 Å². The van der Waals surface area contributed by atoms with Crippen molar-refractivity contribution in [3.8, 4) is 0 Å². The summed E-state index contributed by atoms with van der Waals surface area (Å²) < 4.78 is 20.1. The minimum absolute atomic E-state index is 0.128. The maximum atomic E-state index is 14.7. The highest BCUT2D eigenvalue weighted by atomic mass is 32.2. The highest BCUT2D eigenvalue weighted by Crippen LogP contribution is 2.28. The highest BCUT2D eigenvalue weighted by Gasteiger charge is 2.28. The number of anilines is 1. The molecule has 2 aromatic carbocycles. The number of rotatable bonds is 10. The number of benzene rings is 2. The van der Waals surface area contributed by atoms with Crippen molar-refractivity contribution in [1.29, 1.82) is 0 Å². The van der Waals surface area contributed by atoms with Gasteiger partial charge >= 0.3 is 6.09 Å². The van der Waals surface area contributed by atoms with Crippen molar-refractivity contribution >= 4 is 41.1 Å². The second-order valence-electron chi connectivity index (χ2n) is 10.5. The van der Waals surface area contributed by atoms with E-state index < -0.39 is 17.7 Å². The second kappa shape index (κ2) is 14.2. The molecule has 3 amide bonds. The van der Waals surface area contributed by atoms with Crippen LogP contribution in [0.2, 0.25) is 0 Å². The molecule has 0 saturated carbocycles. The van der Waals surface area contributed by atoms with E-state index in [0.717, 1.165) is 11.3 Å². The molecule has 0 aliphatic carbocycles. The van der Waals surface area contributed by atoms with Gasteiger partial charge in [0, 0.05) is 55.4 Å². The molecule has 0 radical (unpaired) electrons. The number of carbonyl (C=O) groups is 3. The molecule has 0 aromatic heterocycles. The molecule has 3 N–H and O–H groups in total. The monoisotopic (exact) mass is 571 g/mol. The molecule has 1 unspecified atom stereocenters. The number of nitrogens with one attached hydrogen (secondary N) is 3. The van der Waals surface area contributed by atoms with Gasteiger partial charge in [0.1, 0.15) is 17.5 Å². The number of para-hydroxylation sites is 1. The van der Waals surface area contributed by atoms with E-state index in [2.05, 4.69) is 16.0 Å². The Morgan fingerprint density at radius 1 is 1.10 bits per heavy atom. The fourth-order valence-electron chi connectivity index (χ4n) is 4.14. The summed E-state index contributed by atoms with van der Waals surface area (Å²) in [6, 6.07) is 13.1. The average molecular weight is 572 g/mol. The third kappa shape index (κ3) is 8.97. The number of carbonyl (C=O) groups excluding carboxylic acids is 3. The first-order valence-corrected chi connectivity index (χ1v) is 14.3. The van der Waals surface area contributed by atoms with Gasteiger partial charge in [-0.15, -0.1) is 0 Å². The lowest BCUT2D eigenvalue weighted by atomic mass is 10.00. The van der Waals surface area contributed by atoms with Gasteiger partial charge in [-0.05, 0) is 39.0 Å². The number of alkyl carbamates (subject to hydrolysis) is 1. The van der Waals surface area contributed by atoms with Gasteiger partial charge in [0.15, 0.2) is 0 Å². The van der Waals surface area contributed by atoms with E-state index in [1.54, 1.807) is 39.0 Å². The van der Waals surface area contributed by atoms with Crippen LogP contribution in [0, 0.1) is 5.82 Å². The molecule has 0 saturated heterocycles. The normalized spacial score (nSPS) is 15.7. The number of ether oxygens (including phenoxy) is 1. The molecular weight excluding hydrogens is 533 g/mol. The zero-order valence-corrected chi connectivity index (χ0v) is 24.4. The molecule has 2 aromatic rings. The number of amides is 3. The molecule has 9 nitrogen and oxygen atoms in total. The van der Waals surface area contributed by atoms with Crippen LogP contribution >= 0.6 is 11.8 Å². The topological polar surface area (TPSA) is 112 Å². The standard InChI is InChI=1S/C29H38FN5O4S/c1-19(36)31-14-15-40-18-24(34-28(38)39-29(2,3)4)27(37)33-17-20-16-32-26(21-10-6-8-12-23(21)30)22-11-7-9-13-25(22)35(20)5/h6-13,20,24H,14-18H2,1-5H3,(H,31,36)(H,33,37)(H,34,38)/t20?,24-/m1/s1. The predicted molar refractivity (Wildman–Crippen MR) is 158 cm³/mol. The van der Waals surface area contributed by atoms with Crippen LogP contribution in [0.4, 0.5) is 14.9 Å². The average Bonchev–Trinajstić information content (AvgIpc) is 3.02. The van der Waals surface area contributed by atoms with Crippen molar-refractivity contribution < 1.29 is 23.5 Å². The van der Waals surface area contributed by atoms with Crippen molar-refractivity contribution in [2.24, 2.45) is 4.99 Å². The van der Waals surface area contributed by atoms with Crippen molar-refractivity contribution in [3.05, 3.63) is 65.5 Å². The van der Waals surface area contributed by atoms with Crippen LogP contribution in [-0.4, -0.2) is 79.5 Å². The Bertz CT molecular complexity index is 1230. The summed E-state index contributed by atoms with van der Waals surface area (Å²) in [5.74, 6) is 0.0369. The number of halogens is 1. The number of aliphatic imine (C=N–C) groups is 1. The molecule has 40 heavy (non-hydrogen) atoms. The minimum Gasteiger partial charge on any atom is -0.444 e. The first-order chi connectivity index (χ1) is 19.0. The number of hydrogen-bond donors (Lipinski definition) is 3. The Morgan fingerprint density at radius 2 is 1.77 bits per heavy atom. The summed E-state index contributed by atoms with van der Waals surface area (Å²) >= 11 is 1.43. The fourth-order valence-corrected chi connectivity index (χ4v) is 5.03. The van der Waals surface area contributed by atoms with E-state index in [1.807, 2.05) is 36.2 Å². The Kier molecular flexibility index (Phi) is 10.9. The van der Waals surface area contributed by atoms with Gasteiger partial charge in [0.25, 0.3) is 0 Å². The number of likely N-dealkylation sites (N-methyl/N-ethyl adjacent to an activating group) is 1. The molecule has 0 bridgehead atoms. The van der Waals surface area contributed by atoms with Crippen LogP contribution in [0.3, 0.4) is 0 Å². The third-order valence-electron chi connectivity index (χ3n) is 6.10.